The van der Waals surface area contributed by atoms with Gasteiger partial charge in [0.05, 0.1) is 5.56 Å². The second-order valence-electron chi connectivity index (χ2n) is 8.34. The van der Waals surface area contributed by atoms with E-state index >= 15 is 0 Å². The molecule has 0 nitrogen and oxygen atoms in total. The van der Waals surface area contributed by atoms with Crippen LogP contribution in [0.3, 0.4) is 0 Å². The van der Waals surface area contributed by atoms with E-state index in [1.54, 1.807) is 12.1 Å². The zero-order valence-corrected chi connectivity index (χ0v) is 17.8. The predicted molar refractivity (Wildman–Crippen MR) is 109 cm³/mol. The number of benzene rings is 2. The lowest BCUT2D eigenvalue weighted by Gasteiger charge is -2.28. The van der Waals surface area contributed by atoms with Gasteiger partial charge in [-0.3, -0.25) is 0 Å². The van der Waals surface area contributed by atoms with E-state index in [0.29, 0.717) is 23.6 Å². The Kier molecular flexibility index (Phi) is 7.40. The lowest BCUT2D eigenvalue weighted by molar-refractivity contribution is -0.249. The summed E-state index contributed by atoms with van der Waals surface area (Å²) in [4.78, 5) is 0. The summed E-state index contributed by atoms with van der Waals surface area (Å²) >= 11 is 0. The summed E-state index contributed by atoms with van der Waals surface area (Å²) < 4.78 is 106. The zero-order chi connectivity index (χ0) is 24.4. The van der Waals surface area contributed by atoms with E-state index in [4.69, 9.17) is 0 Å². The van der Waals surface area contributed by atoms with Crippen LogP contribution in [0, 0.1) is 29.4 Å². The predicted octanol–water partition coefficient (Wildman–Crippen LogP) is 8.04. The highest BCUT2D eigenvalue weighted by molar-refractivity contribution is 5.45. The third-order valence-corrected chi connectivity index (χ3v) is 6.14. The third kappa shape index (κ3) is 5.69. The summed E-state index contributed by atoms with van der Waals surface area (Å²) in [6, 6.07) is 8.04. The minimum atomic E-state index is -5.98. The molecule has 2 aromatic carbocycles. The van der Waals surface area contributed by atoms with Gasteiger partial charge in [0.25, 0.3) is 6.17 Å². The molecular weight excluding hydrogens is 452 g/mol. The number of hydrogen-bond donors (Lipinski definition) is 0. The smallest absolute Gasteiger partial charge is 0.230 e. The fraction of sp³-hybridized carbons (Fsp3) is 0.440. The van der Waals surface area contributed by atoms with Crippen LogP contribution in [0.5, 0.6) is 0 Å². The average molecular weight is 474 g/mol. The maximum atomic E-state index is 14.1. The summed E-state index contributed by atoms with van der Waals surface area (Å²) in [5, 5.41) is 0. The minimum Gasteiger partial charge on any atom is -0.230 e. The van der Waals surface area contributed by atoms with Crippen LogP contribution in [0.4, 0.5) is 35.1 Å². The van der Waals surface area contributed by atoms with Crippen molar-refractivity contribution in [2.45, 2.75) is 63.2 Å². The Morgan fingerprint density at radius 3 is 1.85 bits per heavy atom. The molecule has 1 unspecified atom stereocenters. The third-order valence-electron chi connectivity index (χ3n) is 6.14. The first kappa shape index (κ1) is 25.1. The van der Waals surface area contributed by atoms with Crippen molar-refractivity contribution >= 4 is 0 Å². The van der Waals surface area contributed by atoms with Gasteiger partial charge in [0.15, 0.2) is 0 Å². The molecule has 1 aliphatic carbocycles. The first-order chi connectivity index (χ1) is 15.4. The second kappa shape index (κ2) is 9.74. The van der Waals surface area contributed by atoms with Crippen LogP contribution >= 0.6 is 0 Å². The van der Waals surface area contributed by atoms with E-state index in [9.17, 15) is 35.1 Å². The van der Waals surface area contributed by atoms with Crippen molar-refractivity contribution in [2.75, 3.05) is 0 Å². The van der Waals surface area contributed by atoms with Crippen LogP contribution in [0.15, 0.2) is 36.4 Å². The quantitative estimate of drug-likeness (QED) is 0.311. The van der Waals surface area contributed by atoms with Gasteiger partial charge in [0.2, 0.25) is 0 Å². The van der Waals surface area contributed by atoms with Gasteiger partial charge in [-0.25, -0.2) is 13.2 Å². The van der Waals surface area contributed by atoms with E-state index in [2.05, 4.69) is 18.8 Å². The Labute approximate surface area is 187 Å². The number of halogens is 8. The Balaban J connectivity index is 1.77. The molecule has 178 valence electrons. The minimum absolute atomic E-state index is 0.364. The highest BCUT2D eigenvalue weighted by Gasteiger charge is 2.59. The lowest BCUT2D eigenvalue weighted by Crippen LogP contribution is -2.40. The normalized spacial score (nSPS) is 20.2. The molecule has 0 aromatic heterocycles. The Morgan fingerprint density at radius 1 is 0.848 bits per heavy atom. The molecule has 0 saturated heterocycles. The summed E-state index contributed by atoms with van der Waals surface area (Å²) in [6.07, 6.45) is -4.98. The van der Waals surface area contributed by atoms with E-state index < -0.39 is 35.5 Å². The van der Waals surface area contributed by atoms with Gasteiger partial charge in [-0.2, -0.15) is 22.0 Å². The molecule has 2 aromatic rings. The number of alkyl halides is 6. The van der Waals surface area contributed by atoms with Gasteiger partial charge in [-0.15, -0.1) is 0 Å². The van der Waals surface area contributed by atoms with Gasteiger partial charge in [0, 0.05) is 11.1 Å². The summed E-state index contributed by atoms with van der Waals surface area (Å²) in [5.74, 6) is -3.16. The van der Waals surface area contributed by atoms with Crippen molar-refractivity contribution in [1.29, 1.82) is 0 Å². The topological polar surface area (TPSA) is 0 Å². The maximum Gasteiger partial charge on any atom is 0.426 e. The largest absolute Gasteiger partial charge is 0.426 e. The first-order valence-electron chi connectivity index (χ1n) is 10.6. The standard InChI is InChI=1S/C25H22F8/c1-2-15-5-9-18(10-6-15)19-11-7-16(8-12-19)3-4-17-13-20(26)22(21(27)14-17)24(29,30)23(28)25(31,32)33/h7-8,11-15,18,23H,2,5-6,9-10H2,1H3. The molecule has 1 saturated carbocycles. The monoisotopic (exact) mass is 474 g/mol. The molecule has 0 spiro atoms. The van der Waals surface area contributed by atoms with Crippen molar-refractivity contribution in [3.63, 3.8) is 0 Å². The molecule has 8 heteroatoms. The van der Waals surface area contributed by atoms with Crippen molar-refractivity contribution < 1.29 is 35.1 Å². The number of hydrogen-bond acceptors (Lipinski definition) is 0. The van der Waals surface area contributed by atoms with Crippen LogP contribution in [0.1, 0.15) is 67.2 Å². The van der Waals surface area contributed by atoms with Gasteiger partial charge >= 0.3 is 12.1 Å². The first-order valence-corrected chi connectivity index (χ1v) is 10.6. The fourth-order valence-electron chi connectivity index (χ4n) is 4.18. The average Bonchev–Trinajstić information content (AvgIpc) is 2.76. The highest BCUT2D eigenvalue weighted by atomic mass is 19.4. The molecule has 0 aliphatic heterocycles. The molecule has 1 atom stereocenters. The van der Waals surface area contributed by atoms with Crippen LogP contribution in [0.25, 0.3) is 0 Å². The van der Waals surface area contributed by atoms with Crippen molar-refractivity contribution in [1.82, 2.24) is 0 Å². The Bertz CT molecular complexity index is 996. The summed E-state index contributed by atoms with van der Waals surface area (Å²) in [6.45, 7) is 2.19. The Hall–Kier alpha value is -2.56. The molecule has 0 N–H and O–H groups in total. The van der Waals surface area contributed by atoms with Crippen LogP contribution in [0.2, 0.25) is 0 Å². The Morgan fingerprint density at radius 2 is 1.36 bits per heavy atom. The molecule has 1 aliphatic rings. The molecule has 0 amide bonds. The fourth-order valence-corrected chi connectivity index (χ4v) is 4.18. The lowest BCUT2D eigenvalue weighted by atomic mass is 9.78. The zero-order valence-electron chi connectivity index (χ0n) is 17.8. The summed E-state index contributed by atoms with van der Waals surface area (Å²) in [5.41, 5.74) is -0.963. The summed E-state index contributed by atoms with van der Waals surface area (Å²) in [7, 11) is 0. The van der Waals surface area contributed by atoms with E-state index in [1.807, 2.05) is 12.1 Å². The van der Waals surface area contributed by atoms with Crippen molar-refractivity contribution in [2.24, 2.45) is 5.92 Å². The van der Waals surface area contributed by atoms with E-state index in [0.717, 1.165) is 18.8 Å². The second-order valence-corrected chi connectivity index (χ2v) is 8.34. The van der Waals surface area contributed by atoms with Gasteiger partial charge < -0.3 is 0 Å². The molecule has 0 bridgehead atoms. The van der Waals surface area contributed by atoms with Gasteiger partial charge in [0.1, 0.15) is 11.6 Å². The van der Waals surface area contributed by atoms with Crippen LogP contribution in [-0.4, -0.2) is 12.3 Å². The molecule has 0 radical (unpaired) electrons. The highest BCUT2D eigenvalue weighted by Crippen LogP contribution is 2.44. The van der Waals surface area contributed by atoms with Crippen molar-refractivity contribution in [3.05, 3.63) is 70.3 Å². The molecular formula is C25H22F8. The SMILES string of the molecule is CCC1CCC(c2ccc(C#Cc3cc(F)c(C(F)(F)C(F)C(F)(F)F)c(F)c3)cc2)CC1. The molecule has 1 fully saturated rings. The molecule has 33 heavy (non-hydrogen) atoms. The molecule has 0 heterocycles. The van der Waals surface area contributed by atoms with Gasteiger partial charge in [-0.1, -0.05) is 37.3 Å². The van der Waals surface area contributed by atoms with E-state index in [1.165, 1.54) is 24.8 Å². The van der Waals surface area contributed by atoms with Crippen LogP contribution in [-0.2, 0) is 5.92 Å². The van der Waals surface area contributed by atoms with Gasteiger partial charge in [-0.05, 0) is 67.3 Å². The van der Waals surface area contributed by atoms with Crippen molar-refractivity contribution in [3.8, 4) is 11.8 Å². The number of rotatable bonds is 4. The van der Waals surface area contributed by atoms with Crippen LogP contribution < -0.4 is 0 Å². The molecule has 3 rings (SSSR count). The van der Waals surface area contributed by atoms with E-state index in [-0.39, 0.29) is 5.56 Å². The maximum absolute atomic E-state index is 14.1.